The Hall–Kier alpha value is -8.14. The third kappa shape index (κ3) is 19.7. The number of benzene rings is 5. The van der Waals surface area contributed by atoms with E-state index in [1.807, 2.05) is 48.5 Å². The molecule has 8 amide bonds. The number of carbonyl (C=O) groups is 8. The molecule has 0 saturated heterocycles. The van der Waals surface area contributed by atoms with Crippen molar-refractivity contribution < 1.29 is 38.4 Å². The number of amides is 8. The summed E-state index contributed by atoms with van der Waals surface area (Å²) in [5, 5.41) is 21.5. The van der Waals surface area contributed by atoms with Crippen molar-refractivity contribution in [3.63, 3.8) is 0 Å². The second kappa shape index (κ2) is 30.2. The first kappa shape index (κ1) is 60.9. The fraction of sp³-hybridized carbons (Fsp3) is 0.283. The molecule has 13 rings (SSSR count). The topological polar surface area (TPSA) is 233 Å². The van der Waals surface area contributed by atoms with Crippen molar-refractivity contribution in [1.29, 1.82) is 0 Å². The summed E-state index contributed by atoms with van der Waals surface area (Å²) in [5.74, 6) is -1.44. The van der Waals surface area contributed by atoms with Gasteiger partial charge in [-0.25, -0.2) is 0 Å². The molecule has 0 aromatic heterocycles. The number of nitrogens with one attached hydrogen (secondary N) is 8. The van der Waals surface area contributed by atoms with Crippen LogP contribution in [0.2, 0.25) is 0 Å². The van der Waals surface area contributed by atoms with Gasteiger partial charge < -0.3 is 42.5 Å². The molecule has 8 aliphatic rings. The normalized spacial score (nSPS) is 14.3. The minimum Gasteiger partial charge on any atom is -0.352 e. The molecule has 16 nitrogen and oxygen atoms in total. The first-order valence-electron chi connectivity index (χ1n) is 20.2. The van der Waals surface area contributed by atoms with Crippen LogP contribution in [0, 0.1) is 0 Å². The maximum atomic E-state index is 12.0. The summed E-state index contributed by atoms with van der Waals surface area (Å²) in [6.45, 7) is 1.25. The number of fused-ring (bicyclic) bond motifs is 9. The van der Waals surface area contributed by atoms with Gasteiger partial charge in [-0.1, -0.05) is 111 Å². The molecule has 0 aliphatic carbocycles. The number of anilines is 4. The van der Waals surface area contributed by atoms with Crippen LogP contribution >= 0.6 is 0 Å². The zero-order valence-electron chi connectivity index (χ0n) is 34.2. The maximum Gasteiger partial charge on any atom is 0.253 e. The van der Waals surface area contributed by atoms with Crippen molar-refractivity contribution in [2.24, 2.45) is 0 Å². The van der Waals surface area contributed by atoms with Gasteiger partial charge in [-0.05, 0) is 89.7 Å². The number of hydrogen-bond acceptors (Lipinski definition) is 8. The van der Waals surface area contributed by atoms with E-state index < -0.39 is 0 Å². The lowest BCUT2D eigenvalue weighted by atomic mass is 10.0. The van der Waals surface area contributed by atoms with E-state index in [-0.39, 0.29) is 111 Å². The standard InChI is InChI=1S/C20H22N2O2.3C9H8N2O2.6CH4/c23-19-11-9-15-1-2-16(4-3-15)10-12-20(24)22-14-18-7-5-17(6-8-18)13-21-19;12-8-5-9(13)11-7-2-1-6(10-8)3-4-7;12-8-5-9(13)11-7-3-1-2-6(4-7)10-8;12-8-6-3-1-2-4-7(6)9(13)11-5-10-8;;;;;;/h1-8H,9-14H2,(H,21,23)(H,22,24);3*1-4H,5H2,(H,10,12)(H,11,13);6*1H4. The van der Waals surface area contributed by atoms with Gasteiger partial charge in [0, 0.05) is 48.7 Å². The Balaban J connectivity index is 0.000000903. The summed E-state index contributed by atoms with van der Waals surface area (Å²) in [6, 6.07) is 36.9. The van der Waals surface area contributed by atoms with E-state index in [0.29, 0.717) is 59.8 Å². The highest BCUT2D eigenvalue weighted by Crippen LogP contribution is 2.18. The van der Waals surface area contributed by atoms with Crippen LogP contribution in [0.1, 0.15) is 113 Å². The van der Waals surface area contributed by atoms with Gasteiger partial charge in [0.1, 0.15) is 12.8 Å². The molecule has 16 heteroatoms. The molecule has 0 atom stereocenters. The number of rotatable bonds is 0. The molecule has 0 unspecified atom stereocenters. The molecule has 8 N–H and O–H groups in total. The Kier molecular flexibility index (Phi) is 26.6. The summed E-state index contributed by atoms with van der Waals surface area (Å²) in [4.78, 5) is 91.0. The lowest BCUT2D eigenvalue weighted by Crippen LogP contribution is -2.32. The predicted molar refractivity (Wildman–Crippen MR) is 276 cm³/mol. The van der Waals surface area contributed by atoms with Crippen molar-refractivity contribution in [3.05, 3.63) is 155 Å². The van der Waals surface area contributed by atoms with Crippen molar-refractivity contribution in [2.75, 3.05) is 27.9 Å². The molecule has 5 aromatic rings. The van der Waals surface area contributed by atoms with Gasteiger partial charge in [0.2, 0.25) is 35.4 Å². The molecule has 370 valence electrons. The highest BCUT2D eigenvalue weighted by Gasteiger charge is 2.19. The van der Waals surface area contributed by atoms with Crippen LogP contribution in [0.3, 0.4) is 0 Å². The van der Waals surface area contributed by atoms with Crippen LogP contribution in [-0.2, 0) is 54.7 Å². The van der Waals surface area contributed by atoms with Crippen molar-refractivity contribution in [2.45, 2.75) is 96.2 Å². The minimum atomic E-state index is -0.287. The van der Waals surface area contributed by atoms with Crippen LogP contribution in [-0.4, -0.2) is 53.9 Å². The summed E-state index contributed by atoms with van der Waals surface area (Å²) >= 11 is 0. The molecule has 8 bridgehead atoms. The van der Waals surface area contributed by atoms with Crippen LogP contribution < -0.4 is 42.5 Å². The van der Waals surface area contributed by atoms with E-state index in [4.69, 9.17) is 0 Å². The SMILES string of the molecule is C.C.C.C.C.C.O=C1CC(=O)Nc2ccc(cc2)N1.O=C1CC(=O)Nc2cccc(c2)N1.O=C1CCc2ccc(cc2)CCC(=O)NCc2ccc(cc2)CN1.O=C1NCNC(=O)c2ccccc21. The summed E-state index contributed by atoms with van der Waals surface area (Å²) in [6.07, 6.45) is 2.18. The average molecular weight is 947 g/mol. The lowest BCUT2D eigenvalue weighted by molar-refractivity contribution is -0.125. The van der Waals surface area contributed by atoms with Crippen LogP contribution in [0.25, 0.3) is 0 Å². The van der Waals surface area contributed by atoms with E-state index >= 15 is 0 Å². The lowest BCUT2D eigenvalue weighted by Gasteiger charge is -2.12. The predicted octanol–water partition coefficient (Wildman–Crippen LogP) is 8.37. The van der Waals surface area contributed by atoms with Crippen molar-refractivity contribution in [3.8, 4) is 0 Å². The number of carbonyl (C=O) groups excluding carboxylic acids is 8. The first-order valence-corrected chi connectivity index (χ1v) is 20.2. The van der Waals surface area contributed by atoms with Gasteiger partial charge >= 0.3 is 0 Å². The third-order valence-corrected chi connectivity index (χ3v) is 9.75. The minimum absolute atomic E-state index is 0. The monoisotopic (exact) mass is 947 g/mol. The summed E-state index contributed by atoms with van der Waals surface area (Å²) < 4.78 is 0. The Morgan fingerprint density at radius 1 is 0.304 bits per heavy atom. The van der Waals surface area contributed by atoms with E-state index in [1.54, 1.807) is 72.8 Å². The molecule has 0 spiro atoms. The molecule has 8 heterocycles. The second-order valence-corrected chi connectivity index (χ2v) is 14.6. The average Bonchev–Trinajstić information content (AvgIpc) is 3.32. The molecule has 8 aliphatic heterocycles. The van der Waals surface area contributed by atoms with Gasteiger partial charge in [-0.15, -0.1) is 0 Å². The quantitative estimate of drug-likeness (QED) is 0.0701. The van der Waals surface area contributed by atoms with Crippen LogP contribution in [0.4, 0.5) is 22.7 Å². The van der Waals surface area contributed by atoms with Gasteiger partial charge in [0.15, 0.2) is 0 Å². The van der Waals surface area contributed by atoms with Gasteiger partial charge in [-0.3, -0.25) is 38.4 Å². The molecule has 0 fully saturated rings. The van der Waals surface area contributed by atoms with Crippen molar-refractivity contribution >= 4 is 70.0 Å². The number of hydrogen-bond donors (Lipinski definition) is 8. The van der Waals surface area contributed by atoms with E-state index in [1.165, 1.54) is 0 Å². The Morgan fingerprint density at radius 3 is 1.00 bits per heavy atom. The zero-order valence-corrected chi connectivity index (χ0v) is 34.2. The zero-order chi connectivity index (χ0) is 44.6. The van der Waals surface area contributed by atoms with Crippen LogP contribution in [0.5, 0.6) is 0 Å². The molecular weight excluding hydrogens is 877 g/mol. The summed E-state index contributed by atoms with van der Waals surface area (Å²) in [5.41, 5.74) is 8.11. The maximum absolute atomic E-state index is 12.0. The Labute approximate surface area is 407 Å². The smallest absolute Gasteiger partial charge is 0.253 e. The summed E-state index contributed by atoms with van der Waals surface area (Å²) in [7, 11) is 0. The highest BCUT2D eigenvalue weighted by molar-refractivity contribution is 6.10. The Bertz CT molecular complexity index is 2260. The number of aryl methyl sites for hydroxylation is 2. The van der Waals surface area contributed by atoms with E-state index in [0.717, 1.165) is 35.1 Å². The van der Waals surface area contributed by atoms with Gasteiger partial charge in [-0.2, -0.15) is 0 Å². The third-order valence-electron chi connectivity index (χ3n) is 9.75. The molecular formula is C53H70N8O8. The van der Waals surface area contributed by atoms with Gasteiger partial charge in [0.05, 0.1) is 17.8 Å². The highest BCUT2D eigenvalue weighted by atomic mass is 16.2. The fourth-order valence-electron chi connectivity index (χ4n) is 6.44. The molecule has 69 heavy (non-hydrogen) atoms. The van der Waals surface area contributed by atoms with E-state index in [2.05, 4.69) is 42.5 Å². The molecule has 0 saturated carbocycles. The first-order chi connectivity index (χ1) is 30.4. The molecule has 0 radical (unpaired) electrons. The Morgan fingerprint density at radius 2 is 0.638 bits per heavy atom. The fourth-order valence-corrected chi connectivity index (χ4v) is 6.44. The largest absolute Gasteiger partial charge is 0.352 e. The molecule has 5 aromatic carbocycles. The van der Waals surface area contributed by atoms with Crippen molar-refractivity contribution in [1.82, 2.24) is 21.3 Å². The van der Waals surface area contributed by atoms with Gasteiger partial charge in [0.25, 0.3) is 11.8 Å². The van der Waals surface area contributed by atoms with E-state index in [9.17, 15) is 38.4 Å². The second-order valence-electron chi connectivity index (χ2n) is 14.6. The van der Waals surface area contributed by atoms with Crippen LogP contribution in [0.15, 0.2) is 121 Å².